The number of aromatic nitrogens is 1. The van der Waals surface area contributed by atoms with Crippen LogP contribution in [0.2, 0.25) is 0 Å². The Morgan fingerprint density at radius 1 is 1.42 bits per heavy atom. The number of hydrogen-bond donors (Lipinski definition) is 1. The Hall–Kier alpha value is -1.28. The number of nitrogens with two attached hydrogens (primary N) is 1. The SMILES string of the molecule is CN(Cc1ccccn1)S(=O)(=O)c1cc(CN)cs1. The van der Waals surface area contributed by atoms with Gasteiger partial charge in [-0.15, -0.1) is 11.3 Å². The number of hydrogen-bond acceptors (Lipinski definition) is 5. The van der Waals surface area contributed by atoms with Crippen molar-refractivity contribution >= 4 is 21.4 Å². The van der Waals surface area contributed by atoms with Gasteiger partial charge in [0.2, 0.25) is 0 Å². The Morgan fingerprint density at radius 2 is 2.21 bits per heavy atom. The number of sulfonamides is 1. The van der Waals surface area contributed by atoms with Gasteiger partial charge in [0.25, 0.3) is 10.0 Å². The van der Waals surface area contributed by atoms with Gasteiger partial charge in [0.15, 0.2) is 0 Å². The third-order valence-electron chi connectivity index (χ3n) is 2.64. The van der Waals surface area contributed by atoms with Crippen molar-refractivity contribution in [3.8, 4) is 0 Å². The van der Waals surface area contributed by atoms with Gasteiger partial charge >= 0.3 is 0 Å². The molecule has 0 atom stereocenters. The van der Waals surface area contributed by atoms with Crippen LogP contribution in [-0.2, 0) is 23.1 Å². The first-order valence-electron chi connectivity index (χ1n) is 5.68. The summed E-state index contributed by atoms with van der Waals surface area (Å²) in [5, 5.41) is 1.77. The molecule has 0 saturated carbocycles. The summed E-state index contributed by atoms with van der Waals surface area (Å²) in [6, 6.07) is 7.05. The Labute approximate surface area is 116 Å². The van der Waals surface area contributed by atoms with Crippen molar-refractivity contribution in [2.75, 3.05) is 7.05 Å². The van der Waals surface area contributed by atoms with Crippen molar-refractivity contribution in [2.24, 2.45) is 5.73 Å². The smallest absolute Gasteiger partial charge is 0.252 e. The predicted octanol–water partition coefficient (Wildman–Crippen LogP) is 1.42. The van der Waals surface area contributed by atoms with Crippen LogP contribution in [0.5, 0.6) is 0 Å². The number of rotatable bonds is 5. The number of pyridine rings is 1. The van der Waals surface area contributed by atoms with Crippen molar-refractivity contribution in [1.29, 1.82) is 0 Å². The van der Waals surface area contributed by atoms with Crippen LogP contribution in [0.4, 0.5) is 0 Å². The van der Waals surface area contributed by atoms with Crippen LogP contribution in [0, 0.1) is 0 Å². The first-order chi connectivity index (χ1) is 9.04. The lowest BCUT2D eigenvalue weighted by Gasteiger charge is -2.15. The van der Waals surface area contributed by atoms with Gasteiger partial charge in [0.05, 0.1) is 12.2 Å². The van der Waals surface area contributed by atoms with Gasteiger partial charge < -0.3 is 5.73 Å². The maximum absolute atomic E-state index is 12.3. The minimum absolute atomic E-state index is 0.249. The Kier molecular flexibility index (Phi) is 4.31. The quantitative estimate of drug-likeness (QED) is 0.905. The minimum Gasteiger partial charge on any atom is -0.326 e. The van der Waals surface area contributed by atoms with Crippen molar-refractivity contribution < 1.29 is 8.42 Å². The summed E-state index contributed by atoms with van der Waals surface area (Å²) in [7, 11) is -1.92. The molecule has 5 nitrogen and oxygen atoms in total. The lowest BCUT2D eigenvalue weighted by molar-refractivity contribution is 0.464. The summed E-state index contributed by atoms with van der Waals surface area (Å²) in [6.45, 7) is 0.592. The van der Waals surface area contributed by atoms with Gasteiger partial charge in [0.1, 0.15) is 4.21 Å². The molecule has 0 aliphatic heterocycles. The van der Waals surface area contributed by atoms with E-state index in [-0.39, 0.29) is 6.54 Å². The molecule has 0 amide bonds. The molecular weight excluding hydrogens is 282 g/mol. The molecule has 7 heteroatoms. The van der Waals surface area contributed by atoms with Crippen LogP contribution in [0.3, 0.4) is 0 Å². The number of thiophene rings is 1. The second-order valence-corrected chi connectivity index (χ2v) is 7.24. The average molecular weight is 297 g/mol. The summed E-state index contributed by atoms with van der Waals surface area (Å²) >= 11 is 1.19. The largest absolute Gasteiger partial charge is 0.326 e. The van der Waals surface area contributed by atoms with E-state index in [4.69, 9.17) is 5.73 Å². The van der Waals surface area contributed by atoms with Crippen LogP contribution in [0.15, 0.2) is 40.1 Å². The zero-order valence-electron chi connectivity index (χ0n) is 10.5. The lowest BCUT2D eigenvalue weighted by atomic mass is 10.3. The molecule has 0 unspecified atom stereocenters. The standard InChI is InChI=1S/C12H15N3O2S2/c1-15(8-11-4-2-3-5-14-11)19(16,17)12-6-10(7-13)9-18-12/h2-6,9H,7-8,13H2,1H3. The summed E-state index contributed by atoms with van der Waals surface area (Å²) < 4.78 is 26.3. The van der Waals surface area contributed by atoms with Gasteiger partial charge in [-0.1, -0.05) is 6.07 Å². The van der Waals surface area contributed by atoms with E-state index < -0.39 is 10.0 Å². The van der Waals surface area contributed by atoms with E-state index in [1.54, 1.807) is 36.8 Å². The fraction of sp³-hybridized carbons (Fsp3) is 0.250. The highest BCUT2D eigenvalue weighted by Gasteiger charge is 2.23. The molecule has 0 radical (unpaired) electrons. The molecule has 2 N–H and O–H groups in total. The molecule has 0 saturated heterocycles. The third-order valence-corrected chi connectivity index (χ3v) is 5.91. The molecule has 2 rings (SSSR count). The van der Waals surface area contributed by atoms with Crippen LogP contribution < -0.4 is 5.73 Å². The second-order valence-electron chi connectivity index (χ2n) is 4.06. The summed E-state index contributed by atoms with van der Waals surface area (Å²) in [4.78, 5) is 4.12. The highest BCUT2D eigenvalue weighted by atomic mass is 32.2. The van der Waals surface area contributed by atoms with Crippen molar-refractivity contribution in [3.05, 3.63) is 47.1 Å². The highest BCUT2D eigenvalue weighted by Crippen LogP contribution is 2.23. The monoisotopic (exact) mass is 297 g/mol. The fourth-order valence-corrected chi connectivity index (χ4v) is 4.13. The zero-order chi connectivity index (χ0) is 13.9. The Balaban J connectivity index is 2.19. The van der Waals surface area contributed by atoms with Gasteiger partial charge in [-0.25, -0.2) is 8.42 Å². The van der Waals surface area contributed by atoms with Crippen LogP contribution in [-0.4, -0.2) is 24.8 Å². The number of nitrogens with zero attached hydrogens (tertiary/aromatic N) is 2. The molecule has 19 heavy (non-hydrogen) atoms. The van der Waals surface area contributed by atoms with E-state index >= 15 is 0 Å². The molecule has 0 aliphatic rings. The molecule has 2 heterocycles. The molecule has 0 aliphatic carbocycles. The summed E-state index contributed by atoms with van der Waals surface area (Å²) in [6.07, 6.45) is 1.65. The summed E-state index contributed by atoms with van der Waals surface area (Å²) in [5.74, 6) is 0. The van der Waals surface area contributed by atoms with Crippen molar-refractivity contribution in [3.63, 3.8) is 0 Å². The molecule has 102 valence electrons. The van der Waals surface area contributed by atoms with Crippen LogP contribution in [0.1, 0.15) is 11.3 Å². The maximum Gasteiger partial charge on any atom is 0.252 e. The van der Waals surface area contributed by atoms with Crippen LogP contribution in [0.25, 0.3) is 0 Å². The first kappa shape index (κ1) is 14.1. The molecular formula is C12H15N3O2S2. The molecule has 0 bridgehead atoms. The molecule has 2 aromatic rings. The molecule has 0 spiro atoms. The summed E-state index contributed by atoms with van der Waals surface area (Å²) in [5.41, 5.74) is 7.04. The van der Waals surface area contributed by atoms with E-state index in [2.05, 4.69) is 4.98 Å². The molecule has 0 fully saturated rings. The first-order valence-corrected chi connectivity index (χ1v) is 7.99. The second kappa shape index (κ2) is 5.79. The van der Waals surface area contributed by atoms with Crippen molar-refractivity contribution in [2.45, 2.75) is 17.3 Å². The third kappa shape index (κ3) is 3.19. The van der Waals surface area contributed by atoms with E-state index in [1.165, 1.54) is 15.6 Å². The van der Waals surface area contributed by atoms with Gasteiger partial charge in [0, 0.05) is 19.8 Å². The van der Waals surface area contributed by atoms with Gasteiger partial charge in [-0.2, -0.15) is 4.31 Å². The topological polar surface area (TPSA) is 76.3 Å². The highest BCUT2D eigenvalue weighted by molar-refractivity contribution is 7.91. The molecule has 2 aromatic heterocycles. The van der Waals surface area contributed by atoms with E-state index in [9.17, 15) is 8.42 Å². The predicted molar refractivity (Wildman–Crippen MR) is 75.1 cm³/mol. The van der Waals surface area contributed by atoms with E-state index in [0.717, 1.165) is 5.56 Å². The van der Waals surface area contributed by atoms with E-state index in [1.807, 2.05) is 6.07 Å². The van der Waals surface area contributed by atoms with Crippen molar-refractivity contribution in [1.82, 2.24) is 9.29 Å². The Bertz CT molecular complexity index is 638. The van der Waals surface area contributed by atoms with Crippen LogP contribution >= 0.6 is 11.3 Å². The minimum atomic E-state index is -3.47. The van der Waals surface area contributed by atoms with E-state index in [0.29, 0.717) is 16.4 Å². The normalized spacial score (nSPS) is 11.9. The Morgan fingerprint density at radius 3 is 2.79 bits per heavy atom. The van der Waals surface area contributed by atoms with Gasteiger partial charge in [-0.3, -0.25) is 4.98 Å². The maximum atomic E-state index is 12.3. The van der Waals surface area contributed by atoms with Gasteiger partial charge in [-0.05, 0) is 29.1 Å². The zero-order valence-corrected chi connectivity index (χ0v) is 12.1. The molecule has 0 aromatic carbocycles. The fourth-order valence-electron chi connectivity index (χ4n) is 1.55. The average Bonchev–Trinajstić information content (AvgIpc) is 2.89. The lowest BCUT2D eigenvalue weighted by Crippen LogP contribution is -2.26.